The molecule has 1 aromatic heterocycles. The Labute approximate surface area is 230 Å². The Morgan fingerprint density at radius 1 is 1.22 bits per heavy atom. The van der Waals surface area contributed by atoms with Crippen molar-refractivity contribution >= 4 is 56.4 Å². The largest absolute Gasteiger partial charge is 0.506 e. The molecule has 0 fully saturated rings. The van der Waals surface area contributed by atoms with Crippen LogP contribution in [-0.4, -0.2) is 64.7 Å². The number of nitrogens with zero attached hydrogens (tertiary/aromatic N) is 2. The zero-order valence-corrected chi connectivity index (χ0v) is 24.2. The molecule has 1 amide bonds. The number of H-pyrrole nitrogens is 1. The molecule has 198 valence electrons. The summed E-state index contributed by atoms with van der Waals surface area (Å²) in [6, 6.07) is 7.37. The third-order valence-electron chi connectivity index (χ3n) is 6.03. The van der Waals surface area contributed by atoms with Crippen molar-refractivity contribution in [3.8, 4) is 0 Å². The summed E-state index contributed by atoms with van der Waals surface area (Å²) >= 11 is 4.64. The smallest absolute Gasteiger partial charge is 0.344 e. The van der Waals surface area contributed by atoms with E-state index in [1.807, 2.05) is 38.1 Å². The SMILES string of the molecule is CCOC(=O)C1=C(O)/C(=C\c2[nH]c(C)c(C(=O)NCCN(CC)CC)c2C)SC1=Nc1ccccc1Br. The average molecular weight is 590 g/mol. The number of aryl methyl sites for hydroxylation is 1. The van der Waals surface area contributed by atoms with Gasteiger partial charge in [-0.1, -0.05) is 37.7 Å². The minimum absolute atomic E-state index is 0.0177. The Kier molecular flexibility index (Phi) is 10.2. The molecule has 0 unspecified atom stereocenters. The topological polar surface area (TPSA) is 107 Å². The summed E-state index contributed by atoms with van der Waals surface area (Å²) in [5.41, 5.74) is 3.37. The maximum Gasteiger partial charge on any atom is 0.344 e. The van der Waals surface area contributed by atoms with E-state index in [2.05, 4.69) is 50.0 Å². The lowest BCUT2D eigenvalue weighted by Gasteiger charge is -2.18. The van der Waals surface area contributed by atoms with Gasteiger partial charge in [-0.3, -0.25) is 4.79 Å². The van der Waals surface area contributed by atoms with Crippen LogP contribution in [0.25, 0.3) is 6.08 Å². The summed E-state index contributed by atoms with van der Waals surface area (Å²) in [7, 11) is 0. The number of esters is 1. The number of para-hydroxylation sites is 1. The first-order valence-electron chi connectivity index (χ1n) is 12.2. The van der Waals surface area contributed by atoms with Crippen LogP contribution in [-0.2, 0) is 9.53 Å². The van der Waals surface area contributed by atoms with Gasteiger partial charge < -0.3 is 25.0 Å². The highest BCUT2D eigenvalue weighted by molar-refractivity contribution is 9.10. The normalized spacial score (nSPS) is 15.8. The van der Waals surface area contributed by atoms with Gasteiger partial charge in [0.05, 0.1) is 22.8 Å². The number of hydrogen-bond donors (Lipinski definition) is 3. The van der Waals surface area contributed by atoms with Crippen LogP contribution in [0, 0.1) is 13.8 Å². The first-order chi connectivity index (χ1) is 17.7. The molecule has 0 atom stereocenters. The fourth-order valence-corrected chi connectivity index (χ4v) is 5.37. The summed E-state index contributed by atoms with van der Waals surface area (Å²) < 4.78 is 5.95. The van der Waals surface area contributed by atoms with E-state index in [9.17, 15) is 14.7 Å². The van der Waals surface area contributed by atoms with E-state index in [0.717, 1.165) is 35.4 Å². The molecule has 37 heavy (non-hydrogen) atoms. The second-order valence-corrected chi connectivity index (χ2v) is 10.3. The van der Waals surface area contributed by atoms with Gasteiger partial charge in [-0.25, -0.2) is 9.79 Å². The number of aliphatic imine (C=N–C) groups is 1. The van der Waals surface area contributed by atoms with E-state index >= 15 is 0 Å². The van der Waals surface area contributed by atoms with Crippen LogP contribution in [0.1, 0.15) is 48.1 Å². The summed E-state index contributed by atoms with van der Waals surface area (Å²) in [6.45, 7) is 13.0. The molecule has 1 aliphatic heterocycles. The van der Waals surface area contributed by atoms with E-state index in [1.54, 1.807) is 13.0 Å². The maximum atomic E-state index is 12.9. The molecule has 3 rings (SSSR count). The van der Waals surface area contributed by atoms with Gasteiger partial charge >= 0.3 is 5.97 Å². The average Bonchev–Trinajstić information content (AvgIpc) is 3.32. The summed E-state index contributed by atoms with van der Waals surface area (Å²) in [4.78, 5) is 36.2. The Morgan fingerprint density at radius 3 is 2.57 bits per heavy atom. The molecule has 1 aromatic carbocycles. The lowest BCUT2D eigenvalue weighted by atomic mass is 10.1. The minimum Gasteiger partial charge on any atom is -0.506 e. The van der Waals surface area contributed by atoms with Crippen LogP contribution in [0.2, 0.25) is 0 Å². The van der Waals surface area contributed by atoms with Crippen molar-refractivity contribution in [3.63, 3.8) is 0 Å². The Balaban J connectivity index is 1.92. The highest BCUT2D eigenvalue weighted by atomic mass is 79.9. The number of halogens is 1. The van der Waals surface area contributed by atoms with Crippen molar-refractivity contribution in [2.45, 2.75) is 34.6 Å². The quantitative estimate of drug-likeness (QED) is 0.309. The number of aliphatic hydroxyl groups is 1. The lowest BCUT2D eigenvalue weighted by Crippen LogP contribution is -2.35. The van der Waals surface area contributed by atoms with Crippen molar-refractivity contribution < 1.29 is 19.4 Å². The number of aliphatic hydroxyl groups excluding tert-OH is 1. The molecule has 2 heterocycles. The predicted octanol–water partition coefficient (Wildman–Crippen LogP) is 5.66. The minimum atomic E-state index is -0.644. The Morgan fingerprint density at radius 2 is 1.92 bits per heavy atom. The van der Waals surface area contributed by atoms with Crippen LogP contribution in [0.5, 0.6) is 0 Å². The molecule has 0 spiro atoms. The highest BCUT2D eigenvalue weighted by Gasteiger charge is 2.34. The molecule has 0 saturated heterocycles. The first kappa shape index (κ1) is 28.7. The predicted molar refractivity (Wildman–Crippen MR) is 153 cm³/mol. The standard InChI is InChI=1S/C27H33BrN4O4S/c1-6-32(7-2)14-13-29-25(34)22-16(4)20(30-17(22)5)15-21-24(33)23(27(35)36-8-3)26(37-21)31-19-12-10-9-11-18(19)28/h9-12,15,30,33H,6-8,13-14H2,1-5H3,(H,29,34)/b21-15+,31-26?. The number of carbonyl (C=O) groups is 2. The number of ether oxygens (including phenoxy) is 1. The van der Waals surface area contributed by atoms with Crippen molar-refractivity contribution in [1.29, 1.82) is 0 Å². The van der Waals surface area contributed by atoms with E-state index in [1.165, 1.54) is 11.8 Å². The molecule has 3 N–H and O–H groups in total. The van der Waals surface area contributed by atoms with Gasteiger partial charge in [0.2, 0.25) is 0 Å². The maximum absolute atomic E-state index is 12.9. The van der Waals surface area contributed by atoms with Crippen LogP contribution >= 0.6 is 27.7 Å². The number of thioether (sulfide) groups is 1. The summed E-state index contributed by atoms with van der Waals surface area (Å²) in [6.07, 6.45) is 1.73. The number of likely N-dealkylation sites (N-methyl/N-ethyl adjacent to an activating group) is 1. The highest BCUT2D eigenvalue weighted by Crippen LogP contribution is 2.41. The van der Waals surface area contributed by atoms with Crippen molar-refractivity contribution in [2.24, 2.45) is 4.99 Å². The summed E-state index contributed by atoms with van der Waals surface area (Å²) in [5, 5.41) is 14.4. The van der Waals surface area contributed by atoms with E-state index in [0.29, 0.717) is 33.4 Å². The Bertz CT molecular complexity index is 1260. The van der Waals surface area contributed by atoms with Crippen LogP contribution in [0.3, 0.4) is 0 Å². The molecule has 8 nitrogen and oxygen atoms in total. The number of aromatic nitrogens is 1. The van der Waals surface area contributed by atoms with Gasteiger partial charge in [0.1, 0.15) is 16.4 Å². The zero-order valence-electron chi connectivity index (χ0n) is 21.8. The fraction of sp³-hybridized carbons (Fsp3) is 0.370. The monoisotopic (exact) mass is 588 g/mol. The van der Waals surface area contributed by atoms with Gasteiger partial charge in [0.25, 0.3) is 5.91 Å². The van der Waals surface area contributed by atoms with Gasteiger partial charge in [0.15, 0.2) is 0 Å². The first-order valence-corrected chi connectivity index (χ1v) is 13.9. The zero-order chi connectivity index (χ0) is 27.1. The van der Waals surface area contributed by atoms with Crippen LogP contribution in [0.15, 0.2) is 50.0 Å². The number of aromatic amines is 1. The van der Waals surface area contributed by atoms with Crippen molar-refractivity contribution in [3.05, 3.63) is 67.5 Å². The van der Waals surface area contributed by atoms with E-state index in [4.69, 9.17) is 4.74 Å². The number of rotatable bonds is 10. The molecule has 2 aromatic rings. The second kappa shape index (κ2) is 13.1. The number of nitrogens with one attached hydrogen (secondary N) is 2. The van der Waals surface area contributed by atoms with Gasteiger partial charge in [-0.2, -0.15) is 0 Å². The van der Waals surface area contributed by atoms with Gasteiger partial charge in [-0.05, 0) is 73.6 Å². The molecular formula is C27H33BrN4O4S. The third-order valence-corrected chi connectivity index (χ3v) is 7.72. The third kappa shape index (κ3) is 6.74. The molecule has 0 bridgehead atoms. The van der Waals surface area contributed by atoms with Crippen LogP contribution < -0.4 is 5.32 Å². The van der Waals surface area contributed by atoms with E-state index in [-0.39, 0.29) is 23.8 Å². The van der Waals surface area contributed by atoms with Crippen LogP contribution in [0.4, 0.5) is 5.69 Å². The fourth-order valence-electron chi connectivity index (χ4n) is 3.99. The molecular weight excluding hydrogens is 556 g/mol. The molecule has 1 aliphatic rings. The number of amides is 1. The van der Waals surface area contributed by atoms with Gasteiger partial charge in [0, 0.05) is 29.0 Å². The lowest BCUT2D eigenvalue weighted by molar-refractivity contribution is -0.138. The number of hydrogen-bond acceptors (Lipinski definition) is 7. The number of carbonyl (C=O) groups excluding carboxylic acids is 2. The second-order valence-electron chi connectivity index (χ2n) is 8.37. The van der Waals surface area contributed by atoms with Gasteiger partial charge in [-0.15, -0.1) is 0 Å². The molecule has 10 heteroatoms. The van der Waals surface area contributed by atoms with E-state index < -0.39 is 5.97 Å². The molecule has 0 aliphatic carbocycles. The molecule has 0 saturated carbocycles. The molecule has 0 radical (unpaired) electrons. The summed E-state index contributed by atoms with van der Waals surface area (Å²) in [5.74, 6) is -0.995. The van der Waals surface area contributed by atoms with Crippen molar-refractivity contribution in [1.82, 2.24) is 15.2 Å². The number of benzene rings is 1. The Hall–Kier alpha value is -2.82. The van der Waals surface area contributed by atoms with Crippen molar-refractivity contribution in [2.75, 3.05) is 32.8 Å².